The summed E-state index contributed by atoms with van der Waals surface area (Å²) in [5, 5.41) is 13.9. The van der Waals surface area contributed by atoms with Gasteiger partial charge in [0.15, 0.2) is 17.4 Å². The quantitative estimate of drug-likeness (QED) is 0.569. The molecule has 0 radical (unpaired) electrons. The largest absolute Gasteiger partial charge is 0.497 e. The Labute approximate surface area is 143 Å². The molecule has 1 aromatic heterocycles. The summed E-state index contributed by atoms with van der Waals surface area (Å²) >= 11 is 0. The fourth-order valence-electron chi connectivity index (χ4n) is 3.49. The summed E-state index contributed by atoms with van der Waals surface area (Å²) in [7, 11) is 1.65. The number of hydrogen-bond acceptors (Lipinski definition) is 4. The van der Waals surface area contributed by atoms with Crippen LogP contribution in [0, 0.1) is 0 Å². The van der Waals surface area contributed by atoms with E-state index in [9.17, 15) is 5.11 Å². The summed E-state index contributed by atoms with van der Waals surface area (Å²) in [5.74, 6) is 2.43. The Morgan fingerprint density at radius 3 is 2.68 bits per heavy atom. The average molecular weight is 333 g/mol. The van der Waals surface area contributed by atoms with Crippen molar-refractivity contribution in [1.29, 1.82) is 0 Å². The van der Waals surface area contributed by atoms with Gasteiger partial charge in [-0.3, -0.25) is 0 Å². The molecule has 1 aliphatic heterocycles. The van der Waals surface area contributed by atoms with Crippen molar-refractivity contribution < 1.29 is 19.3 Å². The van der Waals surface area contributed by atoms with E-state index in [0.29, 0.717) is 0 Å². The van der Waals surface area contributed by atoms with Crippen LogP contribution in [0.5, 0.6) is 23.1 Å². The van der Waals surface area contributed by atoms with E-state index < -0.39 is 0 Å². The van der Waals surface area contributed by atoms with Crippen molar-refractivity contribution in [2.45, 2.75) is 0 Å². The van der Waals surface area contributed by atoms with Crippen LogP contribution in [0.25, 0.3) is 32.7 Å². The van der Waals surface area contributed by atoms with Gasteiger partial charge in [0, 0.05) is 27.9 Å². The monoisotopic (exact) mass is 333 g/mol. The third-order valence-corrected chi connectivity index (χ3v) is 4.67. The highest BCUT2D eigenvalue weighted by Crippen LogP contribution is 2.48. The Bertz CT molecular complexity index is 1110. The first-order chi connectivity index (χ1) is 12.3. The van der Waals surface area contributed by atoms with Crippen LogP contribution in [0.15, 0.2) is 48.7 Å². The van der Waals surface area contributed by atoms with E-state index in [1.54, 1.807) is 7.11 Å². The van der Waals surface area contributed by atoms with Gasteiger partial charge in [0.2, 0.25) is 6.79 Å². The van der Waals surface area contributed by atoms with Gasteiger partial charge in [-0.05, 0) is 35.2 Å². The summed E-state index contributed by atoms with van der Waals surface area (Å²) in [6, 6.07) is 13.7. The summed E-state index contributed by atoms with van der Waals surface area (Å²) in [5.41, 5.74) is 2.01. The zero-order valence-electron chi connectivity index (χ0n) is 13.5. The van der Waals surface area contributed by atoms with Gasteiger partial charge in [0.05, 0.1) is 7.11 Å². The van der Waals surface area contributed by atoms with Crippen LogP contribution in [0.1, 0.15) is 0 Å². The highest BCUT2D eigenvalue weighted by Gasteiger charge is 2.22. The van der Waals surface area contributed by atoms with Crippen molar-refractivity contribution in [1.82, 2.24) is 4.98 Å². The minimum absolute atomic E-state index is 0.157. The molecule has 2 heterocycles. The van der Waals surface area contributed by atoms with Gasteiger partial charge in [-0.15, -0.1) is 0 Å². The Balaban J connectivity index is 1.93. The van der Waals surface area contributed by atoms with Crippen LogP contribution in [0.4, 0.5) is 0 Å². The van der Waals surface area contributed by atoms with Gasteiger partial charge in [-0.25, -0.2) is 0 Å². The predicted molar refractivity (Wildman–Crippen MR) is 95.6 cm³/mol. The molecule has 0 bridgehead atoms. The van der Waals surface area contributed by atoms with Crippen LogP contribution in [0.2, 0.25) is 0 Å². The minimum Gasteiger partial charge on any atom is -0.497 e. The predicted octanol–water partition coefficient (Wildman–Crippen LogP) is 4.43. The van der Waals surface area contributed by atoms with E-state index in [1.165, 1.54) is 0 Å². The molecular formula is C20H15NO4. The van der Waals surface area contributed by atoms with Crippen LogP contribution in [-0.4, -0.2) is 24.0 Å². The Hall–Kier alpha value is -3.34. The Morgan fingerprint density at radius 1 is 1.04 bits per heavy atom. The lowest BCUT2D eigenvalue weighted by atomic mass is 9.93. The molecule has 25 heavy (non-hydrogen) atoms. The summed E-state index contributed by atoms with van der Waals surface area (Å²) in [6.45, 7) is 0.215. The van der Waals surface area contributed by atoms with Crippen molar-refractivity contribution in [3.05, 3.63) is 48.7 Å². The molecule has 0 atom stereocenters. The molecule has 0 fully saturated rings. The number of fused-ring (bicyclic) bond motifs is 4. The smallest absolute Gasteiger partial charge is 0.231 e. The van der Waals surface area contributed by atoms with Gasteiger partial charge in [0.25, 0.3) is 0 Å². The zero-order valence-corrected chi connectivity index (χ0v) is 13.5. The number of aromatic hydroxyl groups is 1. The van der Waals surface area contributed by atoms with Crippen molar-refractivity contribution in [2.75, 3.05) is 13.9 Å². The standard InChI is InChI=1S/C20H15NO4/c1-23-13-5-2-11(3-6-13)17-15-9-21-20(22)14(15)8-12-4-7-16-19(18(12)17)25-10-24-16/h2-9,21-22H,10H2,1H3. The number of methoxy groups -OCH3 is 1. The number of rotatable bonds is 2. The molecule has 5 rings (SSSR count). The van der Waals surface area contributed by atoms with E-state index in [0.717, 1.165) is 49.9 Å². The average Bonchev–Trinajstić information content (AvgIpc) is 3.27. The Kier molecular flexibility index (Phi) is 2.85. The number of ether oxygens (including phenoxy) is 3. The maximum Gasteiger partial charge on any atom is 0.231 e. The second-order valence-electron chi connectivity index (χ2n) is 5.98. The molecule has 0 saturated heterocycles. The molecule has 0 saturated carbocycles. The molecule has 4 aromatic rings. The van der Waals surface area contributed by atoms with Crippen molar-refractivity contribution in [2.24, 2.45) is 0 Å². The first-order valence-electron chi connectivity index (χ1n) is 7.96. The molecule has 0 spiro atoms. The molecule has 0 aliphatic carbocycles. The van der Waals surface area contributed by atoms with Crippen LogP contribution < -0.4 is 14.2 Å². The fourth-order valence-corrected chi connectivity index (χ4v) is 3.49. The van der Waals surface area contributed by atoms with Crippen molar-refractivity contribution >= 4 is 21.5 Å². The molecule has 2 N–H and O–H groups in total. The van der Waals surface area contributed by atoms with E-state index in [4.69, 9.17) is 14.2 Å². The first-order valence-corrected chi connectivity index (χ1v) is 7.96. The van der Waals surface area contributed by atoms with Crippen molar-refractivity contribution in [3.63, 3.8) is 0 Å². The highest BCUT2D eigenvalue weighted by atomic mass is 16.7. The molecule has 5 heteroatoms. The van der Waals surface area contributed by atoms with E-state index in [-0.39, 0.29) is 12.7 Å². The number of aromatic amines is 1. The first kappa shape index (κ1) is 14.0. The molecule has 3 aromatic carbocycles. The van der Waals surface area contributed by atoms with E-state index in [2.05, 4.69) is 4.98 Å². The lowest BCUT2D eigenvalue weighted by Crippen LogP contribution is -1.93. The van der Waals surface area contributed by atoms with Gasteiger partial charge < -0.3 is 24.3 Å². The number of aromatic nitrogens is 1. The Morgan fingerprint density at radius 2 is 1.88 bits per heavy atom. The minimum atomic E-state index is 0.157. The molecule has 5 nitrogen and oxygen atoms in total. The maximum absolute atomic E-state index is 10.2. The molecule has 0 unspecified atom stereocenters. The highest BCUT2D eigenvalue weighted by molar-refractivity contribution is 6.16. The molecule has 0 amide bonds. The lowest BCUT2D eigenvalue weighted by Gasteiger charge is -2.12. The van der Waals surface area contributed by atoms with Gasteiger partial charge in [-0.2, -0.15) is 0 Å². The van der Waals surface area contributed by atoms with E-state index in [1.807, 2.05) is 48.7 Å². The lowest BCUT2D eigenvalue weighted by molar-refractivity contribution is 0.175. The summed E-state index contributed by atoms with van der Waals surface area (Å²) in [6.07, 6.45) is 1.82. The summed E-state index contributed by atoms with van der Waals surface area (Å²) < 4.78 is 16.6. The van der Waals surface area contributed by atoms with Crippen LogP contribution >= 0.6 is 0 Å². The third kappa shape index (κ3) is 1.96. The van der Waals surface area contributed by atoms with Gasteiger partial charge in [0.1, 0.15) is 5.75 Å². The SMILES string of the molecule is COc1ccc(-c2c3c[nH]c(O)c3cc3ccc4c(c23)OCO4)cc1. The van der Waals surface area contributed by atoms with E-state index >= 15 is 0 Å². The normalized spacial score (nSPS) is 12.8. The number of H-pyrrole nitrogens is 1. The second-order valence-corrected chi connectivity index (χ2v) is 5.98. The number of benzene rings is 3. The van der Waals surface area contributed by atoms with Crippen molar-refractivity contribution in [3.8, 4) is 34.3 Å². The molecule has 1 aliphatic rings. The van der Waals surface area contributed by atoms with Crippen LogP contribution in [-0.2, 0) is 0 Å². The van der Waals surface area contributed by atoms with Gasteiger partial charge >= 0.3 is 0 Å². The molecular weight excluding hydrogens is 318 g/mol. The van der Waals surface area contributed by atoms with Gasteiger partial charge in [-0.1, -0.05) is 18.2 Å². The summed E-state index contributed by atoms with van der Waals surface area (Å²) in [4.78, 5) is 2.91. The maximum atomic E-state index is 10.2. The third-order valence-electron chi connectivity index (χ3n) is 4.67. The topological polar surface area (TPSA) is 63.7 Å². The zero-order chi connectivity index (χ0) is 17.0. The number of hydrogen-bond donors (Lipinski definition) is 2. The second kappa shape index (κ2) is 5.08. The molecule has 124 valence electrons. The van der Waals surface area contributed by atoms with Crippen LogP contribution in [0.3, 0.4) is 0 Å². The number of nitrogens with one attached hydrogen (secondary N) is 1. The fraction of sp³-hybridized carbons (Fsp3) is 0.100.